The molecule has 18 heavy (non-hydrogen) atoms. The SMILES string of the molecule is COC[C@@H]1CCCN1N1CC=C(OC)[C@@H]1C(C)C. The van der Waals surface area contributed by atoms with Crippen molar-refractivity contribution in [1.82, 2.24) is 10.0 Å². The Bertz CT molecular complexity index is 304. The molecule has 2 aliphatic heterocycles. The lowest BCUT2D eigenvalue weighted by Crippen LogP contribution is -2.52. The second kappa shape index (κ2) is 6.04. The molecule has 0 aromatic rings. The molecule has 0 aromatic carbocycles. The molecule has 2 rings (SSSR count). The predicted molar refractivity (Wildman–Crippen MR) is 72.0 cm³/mol. The standard InChI is InChI=1S/C14H26N2O2/c1-11(2)14-13(18-4)7-9-16(14)15-8-5-6-12(15)10-17-3/h7,11-12,14H,5-6,8-10H2,1-4H3/t12-,14-/m0/s1. The van der Waals surface area contributed by atoms with E-state index in [2.05, 4.69) is 29.9 Å². The predicted octanol–water partition coefficient (Wildman–Crippen LogP) is 1.88. The van der Waals surface area contributed by atoms with Crippen LogP contribution in [0.3, 0.4) is 0 Å². The van der Waals surface area contributed by atoms with Crippen molar-refractivity contribution in [1.29, 1.82) is 0 Å². The fraction of sp³-hybridized carbons (Fsp3) is 0.857. The van der Waals surface area contributed by atoms with E-state index < -0.39 is 0 Å². The topological polar surface area (TPSA) is 24.9 Å². The Hall–Kier alpha value is -0.580. The minimum Gasteiger partial charge on any atom is -0.500 e. The maximum atomic E-state index is 5.53. The molecule has 0 N–H and O–H groups in total. The molecule has 0 bridgehead atoms. The number of nitrogens with zero attached hydrogens (tertiary/aromatic N) is 2. The smallest absolute Gasteiger partial charge is 0.112 e. The van der Waals surface area contributed by atoms with E-state index in [4.69, 9.17) is 9.47 Å². The molecule has 0 unspecified atom stereocenters. The van der Waals surface area contributed by atoms with Crippen LogP contribution in [0.2, 0.25) is 0 Å². The van der Waals surface area contributed by atoms with Crippen LogP contribution < -0.4 is 0 Å². The summed E-state index contributed by atoms with van der Waals surface area (Å²) < 4.78 is 10.9. The van der Waals surface area contributed by atoms with Gasteiger partial charge in [-0.2, -0.15) is 0 Å². The van der Waals surface area contributed by atoms with E-state index in [1.165, 1.54) is 12.8 Å². The monoisotopic (exact) mass is 254 g/mol. The molecule has 0 aliphatic carbocycles. The van der Waals surface area contributed by atoms with E-state index in [0.29, 0.717) is 18.0 Å². The lowest BCUT2D eigenvalue weighted by molar-refractivity contribution is -0.0783. The number of hydrogen-bond acceptors (Lipinski definition) is 4. The van der Waals surface area contributed by atoms with Crippen LogP contribution in [0.15, 0.2) is 11.8 Å². The Kier molecular flexibility index (Phi) is 4.65. The third-order valence-electron chi connectivity index (χ3n) is 3.99. The fourth-order valence-electron chi connectivity index (χ4n) is 3.23. The summed E-state index contributed by atoms with van der Waals surface area (Å²) in [6.45, 7) is 7.45. The Morgan fingerprint density at radius 3 is 2.72 bits per heavy atom. The highest BCUT2D eigenvalue weighted by atomic mass is 16.5. The van der Waals surface area contributed by atoms with Gasteiger partial charge in [0.15, 0.2) is 0 Å². The van der Waals surface area contributed by atoms with Crippen molar-refractivity contribution < 1.29 is 9.47 Å². The van der Waals surface area contributed by atoms with Gasteiger partial charge in [-0.25, -0.2) is 10.0 Å². The van der Waals surface area contributed by atoms with Gasteiger partial charge in [0.05, 0.1) is 19.8 Å². The van der Waals surface area contributed by atoms with Crippen molar-refractivity contribution >= 4 is 0 Å². The van der Waals surface area contributed by atoms with Crippen LogP contribution >= 0.6 is 0 Å². The van der Waals surface area contributed by atoms with Gasteiger partial charge in [-0.05, 0) is 24.8 Å². The lowest BCUT2D eigenvalue weighted by Gasteiger charge is -2.39. The van der Waals surface area contributed by atoms with Gasteiger partial charge >= 0.3 is 0 Å². The fourth-order valence-corrected chi connectivity index (χ4v) is 3.23. The summed E-state index contributed by atoms with van der Waals surface area (Å²) in [5, 5.41) is 4.97. The number of rotatable bonds is 5. The van der Waals surface area contributed by atoms with E-state index in [1.54, 1.807) is 14.2 Å². The minimum absolute atomic E-state index is 0.382. The molecule has 0 spiro atoms. The molecule has 0 aromatic heterocycles. The largest absolute Gasteiger partial charge is 0.500 e. The van der Waals surface area contributed by atoms with Gasteiger partial charge in [0.1, 0.15) is 5.76 Å². The van der Waals surface area contributed by atoms with Crippen LogP contribution in [0.1, 0.15) is 26.7 Å². The van der Waals surface area contributed by atoms with Gasteiger partial charge in [-0.15, -0.1) is 0 Å². The Morgan fingerprint density at radius 1 is 1.33 bits per heavy atom. The highest BCUT2D eigenvalue weighted by Crippen LogP contribution is 2.31. The molecule has 4 nitrogen and oxygen atoms in total. The van der Waals surface area contributed by atoms with Crippen molar-refractivity contribution in [3.05, 3.63) is 11.8 Å². The van der Waals surface area contributed by atoms with Crippen LogP contribution in [0.5, 0.6) is 0 Å². The van der Waals surface area contributed by atoms with Crippen LogP contribution in [-0.4, -0.2) is 56.0 Å². The maximum absolute atomic E-state index is 5.53. The van der Waals surface area contributed by atoms with Gasteiger partial charge in [-0.1, -0.05) is 13.8 Å². The second-order valence-corrected chi connectivity index (χ2v) is 5.54. The average Bonchev–Trinajstić information content (AvgIpc) is 2.94. The van der Waals surface area contributed by atoms with E-state index in [0.717, 1.165) is 25.5 Å². The zero-order valence-electron chi connectivity index (χ0n) is 12.1. The van der Waals surface area contributed by atoms with Gasteiger partial charge in [-0.3, -0.25) is 0 Å². The highest BCUT2D eigenvalue weighted by Gasteiger charge is 2.39. The Labute approximate surface area is 110 Å². The number of hydrazine groups is 1. The van der Waals surface area contributed by atoms with E-state index in [1.807, 2.05) is 0 Å². The van der Waals surface area contributed by atoms with Gasteiger partial charge in [0.2, 0.25) is 0 Å². The molecule has 0 amide bonds. The minimum atomic E-state index is 0.382. The number of hydrogen-bond donors (Lipinski definition) is 0. The third kappa shape index (κ3) is 2.56. The average molecular weight is 254 g/mol. The molecule has 1 fully saturated rings. The summed E-state index contributed by atoms with van der Waals surface area (Å²) in [6, 6.07) is 0.910. The summed E-state index contributed by atoms with van der Waals surface area (Å²) >= 11 is 0. The zero-order valence-corrected chi connectivity index (χ0v) is 12.1. The summed E-state index contributed by atoms with van der Waals surface area (Å²) in [5.74, 6) is 1.68. The van der Waals surface area contributed by atoms with E-state index in [9.17, 15) is 0 Å². The van der Waals surface area contributed by atoms with Crippen molar-refractivity contribution in [2.24, 2.45) is 5.92 Å². The molecule has 0 saturated carbocycles. The highest BCUT2D eigenvalue weighted by molar-refractivity contribution is 5.13. The molecule has 1 saturated heterocycles. The summed E-state index contributed by atoms with van der Waals surface area (Å²) in [4.78, 5) is 0. The van der Waals surface area contributed by atoms with Gasteiger partial charge < -0.3 is 9.47 Å². The normalized spacial score (nSPS) is 30.2. The lowest BCUT2D eigenvalue weighted by atomic mass is 10.0. The second-order valence-electron chi connectivity index (χ2n) is 5.54. The first-order valence-corrected chi connectivity index (χ1v) is 6.95. The van der Waals surface area contributed by atoms with Crippen LogP contribution in [0, 0.1) is 5.92 Å². The molecule has 4 heteroatoms. The number of ether oxygens (including phenoxy) is 2. The molecule has 2 heterocycles. The maximum Gasteiger partial charge on any atom is 0.112 e. The van der Waals surface area contributed by atoms with Crippen LogP contribution in [-0.2, 0) is 9.47 Å². The zero-order chi connectivity index (χ0) is 13.1. The molecular weight excluding hydrogens is 228 g/mol. The molecular formula is C14H26N2O2. The quantitative estimate of drug-likeness (QED) is 0.748. The molecule has 0 radical (unpaired) electrons. The molecule has 2 aliphatic rings. The Balaban J connectivity index is 2.08. The van der Waals surface area contributed by atoms with E-state index in [-0.39, 0.29) is 0 Å². The summed E-state index contributed by atoms with van der Waals surface area (Å²) in [6.07, 6.45) is 4.71. The van der Waals surface area contributed by atoms with Gasteiger partial charge in [0.25, 0.3) is 0 Å². The van der Waals surface area contributed by atoms with Crippen LogP contribution in [0.25, 0.3) is 0 Å². The van der Waals surface area contributed by atoms with E-state index >= 15 is 0 Å². The molecule has 2 atom stereocenters. The first-order valence-electron chi connectivity index (χ1n) is 6.95. The number of methoxy groups -OCH3 is 2. The first-order chi connectivity index (χ1) is 8.69. The Morgan fingerprint density at radius 2 is 2.11 bits per heavy atom. The summed E-state index contributed by atoms with van der Waals surface area (Å²) in [5.41, 5.74) is 0. The first kappa shape index (κ1) is 13.8. The third-order valence-corrected chi connectivity index (χ3v) is 3.99. The summed E-state index contributed by atoms with van der Waals surface area (Å²) in [7, 11) is 3.57. The molecule has 104 valence electrons. The van der Waals surface area contributed by atoms with Crippen molar-refractivity contribution in [3.8, 4) is 0 Å². The van der Waals surface area contributed by atoms with Crippen molar-refractivity contribution in [2.45, 2.75) is 38.8 Å². The van der Waals surface area contributed by atoms with Crippen molar-refractivity contribution in [3.63, 3.8) is 0 Å². The van der Waals surface area contributed by atoms with Crippen LogP contribution in [0.4, 0.5) is 0 Å². The van der Waals surface area contributed by atoms with Gasteiger partial charge in [0, 0.05) is 26.2 Å². The van der Waals surface area contributed by atoms with Crippen molar-refractivity contribution in [2.75, 3.05) is 33.9 Å².